The number of aliphatic hydroxyl groups is 1. The molecule has 0 aliphatic carbocycles. The number of carbonyl (C=O) groups is 1. The first-order chi connectivity index (χ1) is 9.69. The van der Waals surface area contributed by atoms with E-state index in [-0.39, 0.29) is 12.5 Å². The molecule has 0 radical (unpaired) electrons. The third-order valence-electron chi connectivity index (χ3n) is 3.06. The highest BCUT2D eigenvalue weighted by Crippen LogP contribution is 2.03. The molecule has 0 saturated heterocycles. The summed E-state index contributed by atoms with van der Waals surface area (Å²) in [4.78, 5) is 11.8. The zero-order valence-corrected chi connectivity index (χ0v) is 11.5. The van der Waals surface area contributed by atoms with Gasteiger partial charge in [-0.15, -0.1) is 0 Å². The van der Waals surface area contributed by atoms with E-state index in [0.29, 0.717) is 12.1 Å². The van der Waals surface area contributed by atoms with Crippen LogP contribution in [0.5, 0.6) is 0 Å². The topological polar surface area (TPSA) is 78.0 Å². The predicted octanol–water partition coefficient (Wildman–Crippen LogP) is 1.31. The molecule has 0 fully saturated rings. The molecule has 3 N–H and O–H groups in total. The van der Waals surface area contributed by atoms with Gasteiger partial charge in [-0.05, 0) is 18.1 Å². The molecule has 0 aliphatic rings. The van der Waals surface area contributed by atoms with E-state index in [1.807, 2.05) is 37.3 Å². The molecule has 0 bridgehead atoms. The molecule has 2 rings (SSSR count). The van der Waals surface area contributed by atoms with E-state index >= 15 is 0 Å². The van der Waals surface area contributed by atoms with Gasteiger partial charge >= 0.3 is 0 Å². The molecule has 1 amide bonds. The average Bonchev–Trinajstić information content (AvgIpc) is 2.95. The molecule has 2 aromatic rings. The normalized spacial score (nSPS) is 12.1. The van der Waals surface area contributed by atoms with Crippen molar-refractivity contribution in [1.82, 2.24) is 15.5 Å². The molecule has 1 atom stereocenters. The SMILES string of the molecule is CCc1cc(C(=O)NCC(O)Cc2ccccc2)n[nH]1. The van der Waals surface area contributed by atoms with Crippen LogP contribution in [0.1, 0.15) is 28.7 Å². The number of hydrogen-bond donors (Lipinski definition) is 3. The van der Waals surface area contributed by atoms with Crippen LogP contribution in [0, 0.1) is 0 Å². The molecule has 20 heavy (non-hydrogen) atoms. The second-order valence-corrected chi connectivity index (χ2v) is 4.69. The highest BCUT2D eigenvalue weighted by atomic mass is 16.3. The Labute approximate surface area is 118 Å². The molecular formula is C15H19N3O2. The number of aromatic amines is 1. The Hall–Kier alpha value is -2.14. The lowest BCUT2D eigenvalue weighted by Crippen LogP contribution is -2.33. The van der Waals surface area contributed by atoms with Gasteiger partial charge in [0.25, 0.3) is 5.91 Å². The van der Waals surface area contributed by atoms with E-state index in [1.165, 1.54) is 0 Å². The molecule has 0 spiro atoms. The molecule has 1 heterocycles. The van der Waals surface area contributed by atoms with E-state index in [4.69, 9.17) is 0 Å². The number of rotatable bonds is 6. The summed E-state index contributed by atoms with van der Waals surface area (Å²) in [5.74, 6) is -0.270. The average molecular weight is 273 g/mol. The molecule has 5 nitrogen and oxygen atoms in total. The van der Waals surface area contributed by atoms with E-state index < -0.39 is 6.10 Å². The third-order valence-corrected chi connectivity index (χ3v) is 3.06. The summed E-state index contributed by atoms with van der Waals surface area (Å²) in [6, 6.07) is 11.4. The molecular weight excluding hydrogens is 254 g/mol. The van der Waals surface area contributed by atoms with Crippen molar-refractivity contribution in [3.8, 4) is 0 Å². The van der Waals surface area contributed by atoms with Gasteiger partial charge in [0.15, 0.2) is 0 Å². The monoisotopic (exact) mass is 273 g/mol. The van der Waals surface area contributed by atoms with Crippen molar-refractivity contribution in [2.75, 3.05) is 6.54 Å². The number of amides is 1. The van der Waals surface area contributed by atoms with Crippen LogP contribution in [0.3, 0.4) is 0 Å². The minimum Gasteiger partial charge on any atom is -0.391 e. The van der Waals surface area contributed by atoms with Crippen LogP contribution >= 0.6 is 0 Å². The van der Waals surface area contributed by atoms with Crippen molar-refractivity contribution < 1.29 is 9.90 Å². The second kappa shape index (κ2) is 6.86. The Morgan fingerprint density at radius 1 is 1.40 bits per heavy atom. The first-order valence-electron chi connectivity index (χ1n) is 6.73. The summed E-state index contributed by atoms with van der Waals surface area (Å²) in [6.45, 7) is 2.20. The number of nitrogens with one attached hydrogen (secondary N) is 2. The summed E-state index contributed by atoms with van der Waals surface area (Å²) in [5, 5.41) is 19.3. The molecule has 0 aliphatic heterocycles. The van der Waals surface area contributed by atoms with Crippen LogP contribution in [0.15, 0.2) is 36.4 Å². The fraction of sp³-hybridized carbons (Fsp3) is 0.333. The Bertz CT molecular complexity index is 551. The van der Waals surface area contributed by atoms with Crippen molar-refractivity contribution in [1.29, 1.82) is 0 Å². The number of hydrogen-bond acceptors (Lipinski definition) is 3. The maximum Gasteiger partial charge on any atom is 0.271 e. The quantitative estimate of drug-likeness (QED) is 0.742. The van der Waals surface area contributed by atoms with Gasteiger partial charge in [0.1, 0.15) is 5.69 Å². The van der Waals surface area contributed by atoms with Crippen LogP contribution in [0.25, 0.3) is 0 Å². The minimum absolute atomic E-state index is 0.210. The standard InChI is InChI=1S/C15H19N3O2/c1-2-12-9-14(18-17-12)15(20)16-10-13(19)8-11-6-4-3-5-7-11/h3-7,9,13,19H,2,8,10H2,1H3,(H,16,20)(H,17,18). The lowest BCUT2D eigenvalue weighted by atomic mass is 10.1. The summed E-state index contributed by atoms with van der Waals surface area (Å²) >= 11 is 0. The number of nitrogens with zero attached hydrogens (tertiary/aromatic N) is 1. The second-order valence-electron chi connectivity index (χ2n) is 4.69. The maximum atomic E-state index is 11.8. The summed E-state index contributed by atoms with van der Waals surface area (Å²) < 4.78 is 0. The van der Waals surface area contributed by atoms with Gasteiger partial charge in [-0.1, -0.05) is 37.3 Å². The Balaban J connectivity index is 1.81. The minimum atomic E-state index is -0.606. The molecule has 5 heteroatoms. The largest absolute Gasteiger partial charge is 0.391 e. The summed E-state index contributed by atoms with van der Waals surface area (Å²) in [7, 11) is 0. The lowest BCUT2D eigenvalue weighted by molar-refractivity contribution is 0.0911. The Morgan fingerprint density at radius 2 is 2.15 bits per heavy atom. The highest BCUT2D eigenvalue weighted by Gasteiger charge is 2.12. The number of aryl methyl sites for hydroxylation is 1. The number of aromatic nitrogens is 2. The zero-order chi connectivity index (χ0) is 14.4. The maximum absolute atomic E-state index is 11.8. The molecule has 106 valence electrons. The van der Waals surface area contributed by atoms with Crippen LogP contribution in [-0.2, 0) is 12.8 Å². The van der Waals surface area contributed by atoms with Gasteiger partial charge in [-0.3, -0.25) is 9.89 Å². The highest BCUT2D eigenvalue weighted by molar-refractivity contribution is 5.92. The number of aliphatic hydroxyl groups excluding tert-OH is 1. The Morgan fingerprint density at radius 3 is 2.80 bits per heavy atom. The lowest BCUT2D eigenvalue weighted by Gasteiger charge is -2.11. The van der Waals surface area contributed by atoms with E-state index in [0.717, 1.165) is 17.7 Å². The van der Waals surface area contributed by atoms with Crippen LogP contribution < -0.4 is 5.32 Å². The summed E-state index contributed by atoms with van der Waals surface area (Å²) in [6.07, 6.45) is 0.713. The van der Waals surface area contributed by atoms with Crippen molar-refractivity contribution >= 4 is 5.91 Å². The van der Waals surface area contributed by atoms with Gasteiger partial charge in [-0.25, -0.2) is 0 Å². The molecule has 1 aromatic heterocycles. The van der Waals surface area contributed by atoms with Gasteiger partial charge in [0.2, 0.25) is 0 Å². The van der Waals surface area contributed by atoms with Gasteiger partial charge < -0.3 is 10.4 Å². The first-order valence-corrected chi connectivity index (χ1v) is 6.73. The predicted molar refractivity (Wildman–Crippen MR) is 76.5 cm³/mol. The zero-order valence-electron chi connectivity index (χ0n) is 11.5. The number of carbonyl (C=O) groups excluding carboxylic acids is 1. The van der Waals surface area contributed by atoms with Gasteiger partial charge in [-0.2, -0.15) is 5.10 Å². The van der Waals surface area contributed by atoms with Crippen molar-refractivity contribution in [2.45, 2.75) is 25.9 Å². The molecule has 1 unspecified atom stereocenters. The third kappa shape index (κ3) is 3.93. The van der Waals surface area contributed by atoms with Gasteiger partial charge in [0, 0.05) is 18.7 Å². The van der Waals surface area contributed by atoms with Gasteiger partial charge in [0.05, 0.1) is 6.10 Å². The number of benzene rings is 1. The van der Waals surface area contributed by atoms with Crippen molar-refractivity contribution in [2.24, 2.45) is 0 Å². The van der Waals surface area contributed by atoms with Crippen LogP contribution in [0.2, 0.25) is 0 Å². The summed E-state index contributed by atoms with van der Waals surface area (Å²) in [5.41, 5.74) is 2.32. The smallest absolute Gasteiger partial charge is 0.271 e. The Kier molecular flexibility index (Phi) is 4.90. The van der Waals surface area contributed by atoms with E-state index in [9.17, 15) is 9.90 Å². The van der Waals surface area contributed by atoms with E-state index in [1.54, 1.807) is 6.07 Å². The van der Waals surface area contributed by atoms with E-state index in [2.05, 4.69) is 15.5 Å². The fourth-order valence-electron chi connectivity index (χ4n) is 1.92. The van der Waals surface area contributed by atoms with Crippen LogP contribution in [0.4, 0.5) is 0 Å². The molecule has 1 aromatic carbocycles. The van der Waals surface area contributed by atoms with Crippen LogP contribution in [-0.4, -0.2) is 33.9 Å². The number of H-pyrrole nitrogens is 1. The first kappa shape index (κ1) is 14.3. The van der Waals surface area contributed by atoms with Crippen molar-refractivity contribution in [3.05, 3.63) is 53.3 Å². The van der Waals surface area contributed by atoms with Crippen molar-refractivity contribution in [3.63, 3.8) is 0 Å². The molecule has 0 saturated carbocycles. The fourth-order valence-corrected chi connectivity index (χ4v) is 1.92.